The van der Waals surface area contributed by atoms with Gasteiger partial charge in [-0.15, -0.1) is 11.3 Å². The number of furan rings is 2. The van der Waals surface area contributed by atoms with Gasteiger partial charge in [-0.1, -0.05) is 153 Å². The summed E-state index contributed by atoms with van der Waals surface area (Å²) in [6.45, 7) is 4.69. The summed E-state index contributed by atoms with van der Waals surface area (Å²) in [5.74, 6) is 0. The van der Waals surface area contributed by atoms with Gasteiger partial charge in [0.15, 0.2) is 0 Å². The van der Waals surface area contributed by atoms with E-state index >= 15 is 0 Å². The van der Waals surface area contributed by atoms with Crippen molar-refractivity contribution in [2.75, 3.05) is 4.90 Å². The highest BCUT2D eigenvalue weighted by molar-refractivity contribution is 7.26. The minimum absolute atomic E-state index is 0.158. The maximum atomic E-state index is 7.24. The monoisotopic (exact) mass is 799 g/mol. The Labute approximate surface area is 356 Å². The third kappa shape index (κ3) is 4.91. The van der Waals surface area contributed by atoms with Gasteiger partial charge in [0.1, 0.15) is 22.3 Å². The lowest BCUT2D eigenvalue weighted by Crippen LogP contribution is -2.14. The smallest absolute Gasteiger partial charge is 0.144 e. The number of hydrogen-bond acceptors (Lipinski definition) is 4. The second kappa shape index (κ2) is 12.8. The Morgan fingerprint density at radius 2 is 1.10 bits per heavy atom. The molecule has 0 radical (unpaired) electrons. The standard InChI is InChI=1S/C57H37NO2S/c1-57(2)43-23-10-6-19-37(43)38-31-30-35(32-44(38)57)52-54-41-21-8-12-27-48(41)59-50(54)33-42-53-46(25-15-28-49(53)60-55(42)52)58(45-24-11-7-18-36(45)34-16-4-3-5-17-34)47-26-14-22-40-39-20-9-13-29-51(39)61-56(40)47/h3-33H,1-2H3. The summed E-state index contributed by atoms with van der Waals surface area (Å²) in [6, 6.07) is 67.9. The highest BCUT2D eigenvalue weighted by atomic mass is 32.1. The Kier molecular flexibility index (Phi) is 7.23. The molecule has 12 aromatic rings. The van der Waals surface area contributed by atoms with Crippen LogP contribution in [0.4, 0.5) is 17.1 Å². The van der Waals surface area contributed by atoms with Gasteiger partial charge in [0.05, 0.1) is 27.1 Å². The number of anilines is 3. The van der Waals surface area contributed by atoms with Crippen molar-refractivity contribution in [1.82, 2.24) is 0 Å². The van der Waals surface area contributed by atoms with E-state index in [0.29, 0.717) is 0 Å². The first-order chi connectivity index (χ1) is 30.0. The lowest BCUT2D eigenvalue weighted by Gasteiger charge is -2.29. The average Bonchev–Trinajstić information content (AvgIpc) is 4.05. The Morgan fingerprint density at radius 1 is 0.426 bits per heavy atom. The van der Waals surface area contributed by atoms with Crippen molar-refractivity contribution in [3.05, 3.63) is 199 Å². The van der Waals surface area contributed by atoms with E-state index in [2.05, 4.69) is 201 Å². The van der Waals surface area contributed by atoms with E-state index < -0.39 is 0 Å². The molecule has 1 aliphatic rings. The van der Waals surface area contributed by atoms with Gasteiger partial charge in [-0.3, -0.25) is 0 Å². The number of thiophene rings is 1. The third-order valence-corrected chi connectivity index (χ3v) is 14.3. The molecule has 3 nitrogen and oxygen atoms in total. The zero-order valence-electron chi connectivity index (χ0n) is 33.6. The summed E-state index contributed by atoms with van der Waals surface area (Å²) >= 11 is 1.85. The van der Waals surface area contributed by atoms with Crippen LogP contribution in [0.25, 0.3) is 97.4 Å². The lowest BCUT2D eigenvalue weighted by atomic mass is 9.81. The van der Waals surface area contributed by atoms with Gasteiger partial charge in [0.2, 0.25) is 0 Å². The molecule has 1 aliphatic carbocycles. The van der Waals surface area contributed by atoms with Crippen LogP contribution in [0.15, 0.2) is 197 Å². The van der Waals surface area contributed by atoms with Crippen LogP contribution in [0.2, 0.25) is 0 Å². The van der Waals surface area contributed by atoms with Crippen LogP contribution in [-0.2, 0) is 5.41 Å². The summed E-state index contributed by atoms with van der Waals surface area (Å²) < 4.78 is 16.6. The predicted octanol–water partition coefficient (Wildman–Crippen LogP) is 17.0. The first-order valence-electron chi connectivity index (χ1n) is 20.9. The fraction of sp³-hybridized carbons (Fsp3) is 0.0526. The van der Waals surface area contributed by atoms with Crippen molar-refractivity contribution in [3.63, 3.8) is 0 Å². The molecule has 0 amide bonds. The van der Waals surface area contributed by atoms with Crippen molar-refractivity contribution >= 4 is 92.4 Å². The summed E-state index contributed by atoms with van der Waals surface area (Å²) in [5.41, 5.74) is 16.2. The maximum absolute atomic E-state index is 7.24. The number of nitrogens with zero attached hydrogens (tertiary/aromatic N) is 1. The van der Waals surface area contributed by atoms with Gasteiger partial charge in [-0.2, -0.15) is 0 Å². The summed E-state index contributed by atoms with van der Waals surface area (Å²) in [7, 11) is 0. The van der Waals surface area contributed by atoms with Crippen LogP contribution >= 0.6 is 11.3 Å². The quantitative estimate of drug-likeness (QED) is 0.174. The molecule has 4 heteroatoms. The Bertz CT molecular complexity index is 3750. The minimum atomic E-state index is -0.158. The molecule has 0 bridgehead atoms. The van der Waals surface area contributed by atoms with Gasteiger partial charge in [0.25, 0.3) is 0 Å². The first kappa shape index (κ1) is 34.5. The van der Waals surface area contributed by atoms with Gasteiger partial charge >= 0.3 is 0 Å². The van der Waals surface area contributed by atoms with E-state index in [4.69, 9.17) is 8.83 Å². The van der Waals surface area contributed by atoms with Gasteiger partial charge < -0.3 is 13.7 Å². The van der Waals surface area contributed by atoms with Crippen LogP contribution in [0.5, 0.6) is 0 Å². The normalized spacial score (nSPS) is 13.2. The van der Waals surface area contributed by atoms with Crippen molar-refractivity contribution in [2.45, 2.75) is 19.3 Å². The van der Waals surface area contributed by atoms with Crippen molar-refractivity contribution < 1.29 is 8.83 Å². The molecule has 0 atom stereocenters. The summed E-state index contributed by atoms with van der Waals surface area (Å²) in [6.07, 6.45) is 0. The Hall–Kier alpha value is -7.40. The molecular formula is C57H37NO2S. The molecule has 13 rings (SSSR count). The van der Waals surface area contributed by atoms with E-state index in [1.165, 1.54) is 42.4 Å². The largest absolute Gasteiger partial charge is 0.456 e. The molecule has 0 aliphatic heterocycles. The molecule has 3 aromatic heterocycles. The summed E-state index contributed by atoms with van der Waals surface area (Å²) in [5, 5.41) is 6.71. The third-order valence-electron chi connectivity index (χ3n) is 13.1. The van der Waals surface area contributed by atoms with E-state index in [1.54, 1.807) is 0 Å². The number of benzene rings is 9. The van der Waals surface area contributed by atoms with Gasteiger partial charge in [-0.25, -0.2) is 0 Å². The molecule has 0 spiro atoms. The Balaban J connectivity index is 1.14. The fourth-order valence-corrected chi connectivity index (χ4v) is 11.5. The number of fused-ring (bicyclic) bond motifs is 12. The molecule has 0 saturated carbocycles. The number of para-hydroxylation sites is 2. The molecule has 0 fully saturated rings. The molecule has 3 heterocycles. The Morgan fingerprint density at radius 3 is 2.00 bits per heavy atom. The van der Waals surface area contributed by atoms with E-state index in [0.717, 1.165) is 83.2 Å². The maximum Gasteiger partial charge on any atom is 0.144 e. The van der Waals surface area contributed by atoms with Gasteiger partial charge in [-0.05, 0) is 81.9 Å². The highest BCUT2D eigenvalue weighted by Gasteiger charge is 2.36. The molecule has 9 aromatic carbocycles. The van der Waals surface area contributed by atoms with E-state index in [1.807, 2.05) is 17.4 Å². The SMILES string of the molecule is CC1(C)c2ccccc2-c2ccc(-c3c4oc5cccc(N(c6ccccc6-c6ccccc6)c6cccc7c6sc6ccccc67)c5c4cc4oc5ccccc5c34)cc21. The zero-order chi connectivity index (χ0) is 40.4. The van der Waals surface area contributed by atoms with Gasteiger partial charge in [0, 0.05) is 48.2 Å². The molecular weight excluding hydrogens is 763 g/mol. The number of rotatable bonds is 5. The van der Waals surface area contributed by atoms with Crippen LogP contribution < -0.4 is 4.90 Å². The number of hydrogen-bond donors (Lipinski definition) is 0. The van der Waals surface area contributed by atoms with Crippen LogP contribution in [0.1, 0.15) is 25.0 Å². The van der Waals surface area contributed by atoms with Crippen molar-refractivity contribution in [3.8, 4) is 33.4 Å². The van der Waals surface area contributed by atoms with Crippen LogP contribution in [-0.4, -0.2) is 0 Å². The topological polar surface area (TPSA) is 29.5 Å². The molecule has 0 N–H and O–H groups in total. The minimum Gasteiger partial charge on any atom is -0.456 e. The van der Waals surface area contributed by atoms with Crippen LogP contribution in [0, 0.1) is 0 Å². The highest BCUT2D eigenvalue weighted by Crippen LogP contribution is 2.54. The fourth-order valence-electron chi connectivity index (χ4n) is 10.3. The lowest BCUT2D eigenvalue weighted by molar-refractivity contribution is 0.660. The molecule has 0 saturated heterocycles. The molecule has 0 unspecified atom stereocenters. The van der Waals surface area contributed by atoms with E-state index in [9.17, 15) is 0 Å². The van der Waals surface area contributed by atoms with Crippen molar-refractivity contribution in [1.29, 1.82) is 0 Å². The van der Waals surface area contributed by atoms with E-state index in [-0.39, 0.29) is 5.41 Å². The van der Waals surface area contributed by atoms with Crippen molar-refractivity contribution in [2.24, 2.45) is 0 Å². The summed E-state index contributed by atoms with van der Waals surface area (Å²) in [4.78, 5) is 2.47. The molecule has 61 heavy (non-hydrogen) atoms. The second-order valence-electron chi connectivity index (χ2n) is 16.8. The predicted molar refractivity (Wildman–Crippen MR) is 257 cm³/mol. The second-order valence-corrected chi connectivity index (χ2v) is 17.8. The van der Waals surface area contributed by atoms with Crippen LogP contribution in [0.3, 0.4) is 0 Å². The average molecular weight is 800 g/mol. The zero-order valence-corrected chi connectivity index (χ0v) is 34.4. The first-order valence-corrected chi connectivity index (χ1v) is 21.7. The molecule has 288 valence electrons.